The fraction of sp³-hybridized carbons (Fsp3) is 0.579. The zero-order chi connectivity index (χ0) is 18.9. The third kappa shape index (κ3) is 6.84. The van der Waals surface area contributed by atoms with Gasteiger partial charge in [0.25, 0.3) is 5.91 Å². The van der Waals surface area contributed by atoms with E-state index in [-0.39, 0.29) is 11.9 Å². The molecule has 3 N–H and O–H groups in total. The standard InChI is InChI=1S/C19H29ClN4O2/c1-14(2)12-24-10-7-15(13-24)11-23-19(26)22-9-8-21-18(25)16-5-3-4-6-17(16)20/h3-6,14-15H,7-13H2,1-2H3,(H,21,25)(H2,22,23,26). The highest BCUT2D eigenvalue weighted by atomic mass is 35.5. The molecule has 7 heteroatoms. The Balaban J connectivity index is 1.57. The molecule has 1 fully saturated rings. The quantitative estimate of drug-likeness (QED) is 0.606. The molecule has 1 unspecified atom stereocenters. The van der Waals surface area contributed by atoms with Crippen LogP contribution in [0.15, 0.2) is 24.3 Å². The van der Waals surface area contributed by atoms with Crippen LogP contribution >= 0.6 is 11.6 Å². The molecule has 3 amide bonds. The highest BCUT2D eigenvalue weighted by Gasteiger charge is 2.22. The van der Waals surface area contributed by atoms with Gasteiger partial charge in [0.1, 0.15) is 0 Å². The molecule has 2 rings (SSSR count). The summed E-state index contributed by atoms with van der Waals surface area (Å²) in [6, 6.07) is 6.68. The molecule has 1 saturated heterocycles. The topological polar surface area (TPSA) is 73.5 Å². The number of nitrogens with one attached hydrogen (secondary N) is 3. The zero-order valence-corrected chi connectivity index (χ0v) is 16.3. The predicted octanol–water partition coefficient (Wildman–Crippen LogP) is 2.35. The lowest BCUT2D eigenvalue weighted by Gasteiger charge is -2.18. The number of hydrogen-bond acceptors (Lipinski definition) is 3. The lowest BCUT2D eigenvalue weighted by Crippen LogP contribution is -2.42. The van der Waals surface area contributed by atoms with Gasteiger partial charge < -0.3 is 20.9 Å². The van der Waals surface area contributed by atoms with Gasteiger partial charge in [-0.05, 0) is 36.9 Å². The number of benzene rings is 1. The Labute approximate surface area is 160 Å². The molecule has 1 aliphatic rings. The highest BCUT2D eigenvalue weighted by molar-refractivity contribution is 6.33. The average Bonchev–Trinajstić information content (AvgIpc) is 3.03. The maximum atomic E-state index is 12.0. The number of hydrogen-bond donors (Lipinski definition) is 3. The molecular formula is C19H29ClN4O2. The van der Waals surface area contributed by atoms with Crippen LogP contribution in [-0.2, 0) is 0 Å². The molecule has 1 aromatic carbocycles. The van der Waals surface area contributed by atoms with Gasteiger partial charge in [0, 0.05) is 32.7 Å². The van der Waals surface area contributed by atoms with Crippen LogP contribution in [0, 0.1) is 11.8 Å². The van der Waals surface area contributed by atoms with Gasteiger partial charge in [-0.25, -0.2) is 4.79 Å². The first kappa shape index (κ1) is 20.5. The van der Waals surface area contributed by atoms with Gasteiger partial charge >= 0.3 is 6.03 Å². The summed E-state index contributed by atoms with van der Waals surface area (Å²) in [4.78, 5) is 26.3. The molecular weight excluding hydrogens is 352 g/mol. The van der Waals surface area contributed by atoms with Crippen molar-refractivity contribution in [3.05, 3.63) is 34.9 Å². The highest BCUT2D eigenvalue weighted by Crippen LogP contribution is 2.16. The van der Waals surface area contributed by atoms with Crippen molar-refractivity contribution in [3.63, 3.8) is 0 Å². The number of nitrogens with zero attached hydrogens (tertiary/aromatic N) is 1. The third-order valence-corrected chi connectivity index (χ3v) is 4.69. The SMILES string of the molecule is CC(C)CN1CCC(CNC(=O)NCCNC(=O)c2ccccc2Cl)C1. The first-order valence-corrected chi connectivity index (χ1v) is 9.60. The van der Waals surface area contributed by atoms with E-state index >= 15 is 0 Å². The average molecular weight is 381 g/mol. The molecule has 144 valence electrons. The summed E-state index contributed by atoms with van der Waals surface area (Å²) >= 11 is 5.98. The van der Waals surface area contributed by atoms with Crippen LogP contribution in [0.5, 0.6) is 0 Å². The van der Waals surface area contributed by atoms with Crippen LogP contribution in [0.4, 0.5) is 4.79 Å². The van der Waals surface area contributed by atoms with Gasteiger partial charge in [-0.15, -0.1) is 0 Å². The monoisotopic (exact) mass is 380 g/mol. The summed E-state index contributed by atoms with van der Waals surface area (Å²) < 4.78 is 0. The van der Waals surface area contributed by atoms with Crippen LogP contribution in [-0.4, -0.2) is 56.1 Å². The van der Waals surface area contributed by atoms with Crippen LogP contribution < -0.4 is 16.0 Å². The van der Waals surface area contributed by atoms with Crippen LogP contribution in [0.25, 0.3) is 0 Å². The second-order valence-electron chi connectivity index (χ2n) is 7.18. The third-order valence-electron chi connectivity index (χ3n) is 4.36. The Kier molecular flexibility index (Phi) is 8.19. The maximum absolute atomic E-state index is 12.0. The number of carbonyl (C=O) groups excluding carboxylic acids is 2. The normalized spacial score (nSPS) is 17.3. The van der Waals surface area contributed by atoms with E-state index in [2.05, 4.69) is 34.7 Å². The smallest absolute Gasteiger partial charge is 0.314 e. The maximum Gasteiger partial charge on any atom is 0.314 e. The molecule has 6 nitrogen and oxygen atoms in total. The minimum atomic E-state index is -0.242. The fourth-order valence-electron chi connectivity index (χ4n) is 3.15. The van der Waals surface area contributed by atoms with E-state index in [4.69, 9.17) is 11.6 Å². The van der Waals surface area contributed by atoms with Crippen LogP contribution in [0.3, 0.4) is 0 Å². The number of urea groups is 1. The number of likely N-dealkylation sites (tertiary alicyclic amines) is 1. The van der Waals surface area contributed by atoms with Gasteiger partial charge in [-0.2, -0.15) is 0 Å². The van der Waals surface area contributed by atoms with Crippen molar-refractivity contribution in [1.29, 1.82) is 0 Å². The largest absolute Gasteiger partial charge is 0.350 e. The van der Waals surface area contributed by atoms with Crippen molar-refractivity contribution in [1.82, 2.24) is 20.9 Å². The van der Waals surface area contributed by atoms with Crippen LogP contribution in [0.2, 0.25) is 5.02 Å². The van der Waals surface area contributed by atoms with Gasteiger partial charge in [0.05, 0.1) is 10.6 Å². The number of amides is 3. The number of carbonyl (C=O) groups is 2. The lowest BCUT2D eigenvalue weighted by atomic mass is 10.1. The Morgan fingerprint density at radius 1 is 1.19 bits per heavy atom. The van der Waals surface area contributed by atoms with Crippen molar-refractivity contribution < 1.29 is 9.59 Å². The van der Waals surface area contributed by atoms with Crippen molar-refractivity contribution in [2.24, 2.45) is 11.8 Å². The van der Waals surface area contributed by atoms with E-state index in [1.54, 1.807) is 24.3 Å². The molecule has 0 bridgehead atoms. The zero-order valence-electron chi connectivity index (χ0n) is 15.6. The van der Waals surface area contributed by atoms with Crippen molar-refractivity contribution in [2.75, 3.05) is 39.3 Å². The summed E-state index contributed by atoms with van der Waals surface area (Å²) in [5, 5.41) is 8.84. The van der Waals surface area contributed by atoms with Gasteiger partial charge in [-0.1, -0.05) is 37.6 Å². The first-order valence-electron chi connectivity index (χ1n) is 9.22. The van der Waals surface area contributed by atoms with E-state index in [0.29, 0.717) is 42.1 Å². The Hall–Kier alpha value is -1.79. The minimum Gasteiger partial charge on any atom is -0.350 e. The molecule has 1 heterocycles. The molecule has 1 aromatic rings. The Morgan fingerprint density at radius 2 is 1.92 bits per heavy atom. The van der Waals surface area contributed by atoms with E-state index < -0.39 is 0 Å². The minimum absolute atomic E-state index is 0.195. The summed E-state index contributed by atoms with van der Waals surface area (Å²) in [5.74, 6) is 0.944. The number of halogens is 1. The Morgan fingerprint density at radius 3 is 2.65 bits per heavy atom. The second-order valence-corrected chi connectivity index (χ2v) is 7.59. The lowest BCUT2D eigenvalue weighted by molar-refractivity contribution is 0.0954. The summed E-state index contributed by atoms with van der Waals surface area (Å²) in [7, 11) is 0. The van der Waals surface area contributed by atoms with Gasteiger partial charge in [0.2, 0.25) is 0 Å². The Bertz CT molecular complexity index is 609. The molecule has 0 saturated carbocycles. The van der Waals surface area contributed by atoms with E-state index in [9.17, 15) is 9.59 Å². The molecule has 0 spiro atoms. The molecule has 0 aliphatic carbocycles. The van der Waals surface area contributed by atoms with Crippen molar-refractivity contribution in [3.8, 4) is 0 Å². The second kappa shape index (κ2) is 10.4. The summed E-state index contributed by atoms with van der Waals surface area (Å²) in [6.07, 6.45) is 1.13. The summed E-state index contributed by atoms with van der Waals surface area (Å²) in [6.45, 7) is 9.13. The van der Waals surface area contributed by atoms with Crippen molar-refractivity contribution in [2.45, 2.75) is 20.3 Å². The molecule has 26 heavy (non-hydrogen) atoms. The molecule has 0 aromatic heterocycles. The van der Waals surface area contributed by atoms with E-state index in [0.717, 1.165) is 26.1 Å². The van der Waals surface area contributed by atoms with Crippen molar-refractivity contribution >= 4 is 23.5 Å². The van der Waals surface area contributed by atoms with Gasteiger partial charge in [0.15, 0.2) is 0 Å². The molecule has 0 radical (unpaired) electrons. The van der Waals surface area contributed by atoms with Gasteiger partial charge in [-0.3, -0.25) is 4.79 Å². The first-order chi connectivity index (χ1) is 12.5. The predicted molar refractivity (Wildman–Crippen MR) is 105 cm³/mol. The van der Waals surface area contributed by atoms with E-state index in [1.807, 2.05) is 0 Å². The molecule has 1 atom stereocenters. The van der Waals surface area contributed by atoms with E-state index in [1.165, 1.54) is 0 Å². The van der Waals surface area contributed by atoms with Crippen LogP contribution in [0.1, 0.15) is 30.6 Å². The summed E-state index contributed by atoms with van der Waals surface area (Å²) in [5.41, 5.74) is 0.436. The fourth-order valence-corrected chi connectivity index (χ4v) is 3.38. The molecule has 1 aliphatic heterocycles. The number of rotatable bonds is 8.